The lowest BCUT2D eigenvalue weighted by Crippen LogP contribution is -2.46. The van der Waals surface area contributed by atoms with Gasteiger partial charge in [-0.15, -0.1) is 0 Å². The van der Waals surface area contributed by atoms with Crippen LogP contribution in [0, 0.1) is 11.3 Å². The van der Waals surface area contributed by atoms with E-state index in [0.29, 0.717) is 28.9 Å². The number of carbonyl (C=O) groups is 1. The molecule has 0 aliphatic carbocycles. The number of nitrogens with zero attached hydrogens (tertiary/aromatic N) is 2. The van der Waals surface area contributed by atoms with Gasteiger partial charge in [0.05, 0.1) is 17.1 Å². The summed E-state index contributed by atoms with van der Waals surface area (Å²) in [6.45, 7) is 2.32. The van der Waals surface area contributed by atoms with Gasteiger partial charge in [-0.05, 0) is 44.6 Å². The van der Waals surface area contributed by atoms with Crippen LogP contribution in [0.25, 0.3) is 0 Å². The summed E-state index contributed by atoms with van der Waals surface area (Å²) in [4.78, 5) is 14.1. The van der Waals surface area contributed by atoms with Gasteiger partial charge in [0.25, 0.3) is 0 Å². The molecule has 112 valence electrons. The van der Waals surface area contributed by atoms with Gasteiger partial charge in [0.1, 0.15) is 6.07 Å². The van der Waals surface area contributed by atoms with Crippen molar-refractivity contribution in [3.63, 3.8) is 0 Å². The summed E-state index contributed by atoms with van der Waals surface area (Å²) < 4.78 is 0. The van der Waals surface area contributed by atoms with E-state index in [2.05, 4.69) is 15.5 Å². The Kier molecular flexibility index (Phi) is 5.57. The Balaban J connectivity index is 1.89. The summed E-state index contributed by atoms with van der Waals surface area (Å²) in [5.74, 6) is -0.0798. The van der Waals surface area contributed by atoms with Crippen molar-refractivity contribution in [3.8, 4) is 6.07 Å². The largest absolute Gasteiger partial charge is 0.325 e. The number of hydrogen-bond acceptors (Lipinski definition) is 4. The van der Waals surface area contributed by atoms with Crippen molar-refractivity contribution < 1.29 is 4.79 Å². The summed E-state index contributed by atoms with van der Waals surface area (Å²) in [6, 6.07) is 7.27. The molecule has 1 aliphatic heterocycles. The van der Waals surface area contributed by atoms with Crippen LogP contribution in [0.5, 0.6) is 0 Å². The Hall–Kier alpha value is -1.61. The fourth-order valence-electron chi connectivity index (χ4n) is 2.45. The third kappa shape index (κ3) is 4.43. The number of benzene rings is 1. The Morgan fingerprint density at radius 1 is 1.62 bits per heavy atom. The van der Waals surface area contributed by atoms with E-state index in [0.717, 1.165) is 25.9 Å². The highest BCUT2D eigenvalue weighted by molar-refractivity contribution is 6.32. The fraction of sp³-hybridized carbons (Fsp3) is 0.467. The Morgan fingerprint density at radius 2 is 2.43 bits per heavy atom. The molecule has 1 atom stereocenters. The van der Waals surface area contributed by atoms with Crippen molar-refractivity contribution in [3.05, 3.63) is 28.8 Å². The van der Waals surface area contributed by atoms with Crippen LogP contribution in [0.1, 0.15) is 18.4 Å². The predicted molar refractivity (Wildman–Crippen MR) is 83.3 cm³/mol. The van der Waals surface area contributed by atoms with Gasteiger partial charge in [0.15, 0.2) is 0 Å². The standard InChI is InChI=1S/C15H19ClN4O/c1-20(13-3-2-6-18-9-13)10-15(21)19-12-5-4-11(8-17)14(16)7-12/h4-5,7,13,18H,2-3,6,9-10H2,1H3,(H,19,21). The molecule has 1 fully saturated rings. The molecule has 0 radical (unpaired) electrons. The molecule has 2 rings (SSSR count). The molecule has 2 N–H and O–H groups in total. The number of piperidine rings is 1. The number of halogens is 1. The summed E-state index contributed by atoms with van der Waals surface area (Å²) in [6.07, 6.45) is 2.25. The molecule has 1 aliphatic rings. The number of nitrogens with one attached hydrogen (secondary N) is 2. The van der Waals surface area contributed by atoms with Gasteiger partial charge in [-0.2, -0.15) is 5.26 Å². The van der Waals surface area contributed by atoms with Crippen molar-refractivity contribution in [1.29, 1.82) is 5.26 Å². The van der Waals surface area contributed by atoms with Crippen LogP contribution in [-0.2, 0) is 4.79 Å². The number of hydrogen-bond donors (Lipinski definition) is 2. The molecule has 1 aromatic rings. The SMILES string of the molecule is CN(CC(=O)Nc1ccc(C#N)c(Cl)c1)C1CCCNC1. The molecule has 0 bridgehead atoms. The molecular formula is C15H19ClN4O. The molecule has 1 unspecified atom stereocenters. The van der Waals surface area contributed by atoms with Gasteiger partial charge in [0.2, 0.25) is 5.91 Å². The van der Waals surface area contributed by atoms with E-state index in [-0.39, 0.29) is 5.91 Å². The number of amides is 1. The lowest BCUT2D eigenvalue weighted by molar-refractivity contribution is -0.117. The molecule has 1 amide bonds. The number of likely N-dealkylation sites (N-methyl/N-ethyl adjacent to an activating group) is 1. The minimum Gasteiger partial charge on any atom is -0.325 e. The average molecular weight is 307 g/mol. The Labute approximate surface area is 129 Å². The molecule has 6 heteroatoms. The van der Waals surface area contributed by atoms with Gasteiger partial charge in [-0.25, -0.2) is 0 Å². The van der Waals surface area contributed by atoms with E-state index in [9.17, 15) is 4.79 Å². The summed E-state index contributed by atoms with van der Waals surface area (Å²) >= 11 is 5.95. The second-order valence-electron chi connectivity index (χ2n) is 5.27. The molecular weight excluding hydrogens is 288 g/mol. The maximum Gasteiger partial charge on any atom is 0.238 e. The van der Waals surface area contributed by atoms with Crippen LogP contribution in [-0.4, -0.2) is 43.5 Å². The highest BCUT2D eigenvalue weighted by Crippen LogP contribution is 2.20. The number of nitriles is 1. The van der Waals surface area contributed by atoms with Crippen molar-refractivity contribution >= 4 is 23.2 Å². The maximum absolute atomic E-state index is 12.1. The van der Waals surface area contributed by atoms with Crippen molar-refractivity contribution in [1.82, 2.24) is 10.2 Å². The fourth-order valence-corrected chi connectivity index (χ4v) is 2.67. The number of anilines is 1. The third-order valence-corrected chi connectivity index (χ3v) is 3.97. The Bertz CT molecular complexity index is 549. The van der Waals surface area contributed by atoms with Crippen molar-refractivity contribution in [2.24, 2.45) is 0 Å². The molecule has 21 heavy (non-hydrogen) atoms. The molecule has 0 spiro atoms. The first-order valence-corrected chi connectivity index (χ1v) is 7.38. The normalized spacial score (nSPS) is 18.3. The highest BCUT2D eigenvalue weighted by Gasteiger charge is 2.19. The molecule has 0 aromatic heterocycles. The lowest BCUT2D eigenvalue weighted by atomic mass is 10.1. The molecule has 0 saturated carbocycles. The molecule has 1 saturated heterocycles. The van der Waals surface area contributed by atoms with Crippen LogP contribution in [0.15, 0.2) is 18.2 Å². The van der Waals surface area contributed by atoms with E-state index in [4.69, 9.17) is 16.9 Å². The van der Waals surface area contributed by atoms with Crippen LogP contribution in [0.4, 0.5) is 5.69 Å². The van der Waals surface area contributed by atoms with E-state index in [1.165, 1.54) is 0 Å². The lowest BCUT2D eigenvalue weighted by Gasteiger charge is -2.31. The molecule has 1 aromatic carbocycles. The topological polar surface area (TPSA) is 68.2 Å². The van der Waals surface area contributed by atoms with E-state index < -0.39 is 0 Å². The van der Waals surface area contributed by atoms with E-state index >= 15 is 0 Å². The van der Waals surface area contributed by atoms with Crippen LogP contribution in [0.3, 0.4) is 0 Å². The second kappa shape index (κ2) is 7.41. The first-order chi connectivity index (χ1) is 10.1. The molecule has 1 heterocycles. The average Bonchev–Trinajstić information content (AvgIpc) is 2.48. The van der Waals surface area contributed by atoms with Gasteiger partial charge in [-0.1, -0.05) is 11.6 Å². The third-order valence-electron chi connectivity index (χ3n) is 3.66. The van der Waals surface area contributed by atoms with E-state index in [1.54, 1.807) is 18.2 Å². The number of rotatable bonds is 4. The monoisotopic (exact) mass is 306 g/mol. The Morgan fingerprint density at radius 3 is 3.05 bits per heavy atom. The zero-order valence-corrected chi connectivity index (χ0v) is 12.8. The zero-order valence-electron chi connectivity index (χ0n) is 12.0. The zero-order chi connectivity index (χ0) is 15.2. The molecule has 5 nitrogen and oxygen atoms in total. The van der Waals surface area contributed by atoms with E-state index in [1.807, 2.05) is 13.1 Å². The minimum atomic E-state index is -0.0798. The van der Waals surface area contributed by atoms with Gasteiger partial charge < -0.3 is 10.6 Å². The number of carbonyl (C=O) groups excluding carboxylic acids is 1. The predicted octanol–water partition coefficient (Wildman–Crippen LogP) is 1.83. The first kappa shape index (κ1) is 15.8. The summed E-state index contributed by atoms with van der Waals surface area (Å²) in [5.41, 5.74) is 1.01. The van der Waals surface area contributed by atoms with Crippen molar-refractivity contribution in [2.75, 3.05) is 32.0 Å². The van der Waals surface area contributed by atoms with Crippen molar-refractivity contribution in [2.45, 2.75) is 18.9 Å². The van der Waals surface area contributed by atoms with Gasteiger partial charge in [0, 0.05) is 18.3 Å². The highest BCUT2D eigenvalue weighted by atomic mass is 35.5. The maximum atomic E-state index is 12.1. The summed E-state index contributed by atoms with van der Waals surface area (Å²) in [5, 5.41) is 15.3. The summed E-state index contributed by atoms with van der Waals surface area (Å²) in [7, 11) is 1.96. The minimum absolute atomic E-state index is 0.0798. The van der Waals surface area contributed by atoms with Crippen LogP contribution >= 0.6 is 11.6 Å². The quantitative estimate of drug-likeness (QED) is 0.890. The van der Waals surface area contributed by atoms with Gasteiger partial charge >= 0.3 is 0 Å². The van der Waals surface area contributed by atoms with Crippen LogP contribution in [0.2, 0.25) is 5.02 Å². The smallest absolute Gasteiger partial charge is 0.238 e. The van der Waals surface area contributed by atoms with Crippen LogP contribution < -0.4 is 10.6 Å². The van der Waals surface area contributed by atoms with Gasteiger partial charge in [-0.3, -0.25) is 9.69 Å². The second-order valence-corrected chi connectivity index (χ2v) is 5.68. The first-order valence-electron chi connectivity index (χ1n) is 7.00.